The van der Waals surface area contributed by atoms with Crippen molar-refractivity contribution in [2.45, 2.75) is 43.6 Å². The number of rotatable bonds is 2. The van der Waals surface area contributed by atoms with Gasteiger partial charge in [-0.25, -0.2) is 9.97 Å². The third kappa shape index (κ3) is 2.60. The molecule has 1 spiro atoms. The predicted octanol–water partition coefficient (Wildman–Crippen LogP) is 2.55. The van der Waals surface area contributed by atoms with Crippen molar-refractivity contribution < 1.29 is 9.53 Å². The number of nitrogen functional groups attached to an aromatic ring is 1. The Hall–Kier alpha value is -2.63. The first-order chi connectivity index (χ1) is 12.6. The Kier molecular flexibility index (Phi) is 3.42. The zero-order chi connectivity index (χ0) is 17.7. The number of likely N-dealkylation sites (tertiary alicyclic amines) is 1. The highest BCUT2D eigenvalue weighted by Crippen LogP contribution is 2.40. The Labute approximate surface area is 152 Å². The maximum Gasteiger partial charge on any atom is 0.259 e. The average molecular weight is 350 g/mol. The lowest BCUT2D eigenvalue weighted by molar-refractivity contribution is 0.0485. The Balaban J connectivity index is 1.34. The van der Waals surface area contributed by atoms with E-state index in [2.05, 4.69) is 16.0 Å². The first-order valence-electron chi connectivity index (χ1n) is 9.32. The van der Waals surface area contributed by atoms with E-state index < -0.39 is 0 Å². The summed E-state index contributed by atoms with van der Waals surface area (Å²) >= 11 is 0. The lowest BCUT2D eigenvalue weighted by Crippen LogP contribution is -2.43. The van der Waals surface area contributed by atoms with Gasteiger partial charge in [0.2, 0.25) is 0 Å². The van der Waals surface area contributed by atoms with Gasteiger partial charge >= 0.3 is 0 Å². The molecule has 26 heavy (non-hydrogen) atoms. The fraction of sp³-hybridized carbons (Fsp3) is 0.450. The third-order valence-electron chi connectivity index (χ3n) is 5.76. The molecule has 3 aliphatic rings. The van der Waals surface area contributed by atoms with E-state index in [0.29, 0.717) is 30.4 Å². The molecule has 2 fully saturated rings. The van der Waals surface area contributed by atoms with Crippen molar-refractivity contribution in [2.75, 3.05) is 18.8 Å². The van der Waals surface area contributed by atoms with E-state index in [9.17, 15) is 4.79 Å². The molecule has 6 nitrogen and oxygen atoms in total. The molecule has 1 unspecified atom stereocenters. The molecule has 134 valence electrons. The number of benzene rings is 1. The molecule has 2 aromatic rings. The van der Waals surface area contributed by atoms with Gasteiger partial charge in [0.05, 0.1) is 6.54 Å². The number of carbonyl (C=O) groups is 1. The van der Waals surface area contributed by atoms with Crippen molar-refractivity contribution in [3.05, 3.63) is 47.4 Å². The molecule has 0 bridgehead atoms. The van der Waals surface area contributed by atoms with E-state index in [0.717, 1.165) is 43.7 Å². The molecule has 2 aliphatic heterocycles. The van der Waals surface area contributed by atoms with Crippen molar-refractivity contribution in [1.82, 2.24) is 14.9 Å². The van der Waals surface area contributed by atoms with Crippen LogP contribution in [0.25, 0.3) is 0 Å². The van der Waals surface area contributed by atoms with Crippen LogP contribution in [-0.4, -0.2) is 39.5 Å². The lowest BCUT2D eigenvalue weighted by Gasteiger charge is -2.35. The monoisotopic (exact) mass is 350 g/mol. The van der Waals surface area contributed by atoms with Gasteiger partial charge in [-0.15, -0.1) is 0 Å². The van der Waals surface area contributed by atoms with Crippen LogP contribution >= 0.6 is 0 Å². The number of aromatic nitrogens is 2. The largest absolute Gasteiger partial charge is 0.485 e. The number of carbonyl (C=O) groups excluding carboxylic acids is 1. The second-order valence-corrected chi connectivity index (χ2v) is 7.67. The van der Waals surface area contributed by atoms with Crippen LogP contribution in [0.15, 0.2) is 30.5 Å². The van der Waals surface area contributed by atoms with Crippen molar-refractivity contribution in [3.63, 3.8) is 0 Å². The van der Waals surface area contributed by atoms with E-state index >= 15 is 0 Å². The SMILES string of the molecule is Nc1nc(C2CC2)ncc1C(=O)N1CCC2(CCc3ccccc3O2)C1. The molecule has 1 atom stereocenters. The van der Waals surface area contributed by atoms with Gasteiger partial charge in [-0.2, -0.15) is 0 Å². The molecule has 5 rings (SSSR count). The second kappa shape index (κ2) is 5.69. The van der Waals surface area contributed by atoms with Crippen LogP contribution in [0.2, 0.25) is 0 Å². The van der Waals surface area contributed by atoms with Crippen LogP contribution < -0.4 is 10.5 Å². The third-order valence-corrected chi connectivity index (χ3v) is 5.76. The number of fused-ring (bicyclic) bond motifs is 1. The highest BCUT2D eigenvalue weighted by atomic mass is 16.5. The van der Waals surface area contributed by atoms with Gasteiger partial charge in [0.1, 0.15) is 28.6 Å². The van der Waals surface area contributed by atoms with Crippen LogP contribution in [-0.2, 0) is 6.42 Å². The first kappa shape index (κ1) is 15.6. The summed E-state index contributed by atoms with van der Waals surface area (Å²) < 4.78 is 6.33. The molecule has 3 heterocycles. The summed E-state index contributed by atoms with van der Waals surface area (Å²) in [5.41, 5.74) is 7.43. The summed E-state index contributed by atoms with van der Waals surface area (Å²) in [5.74, 6) is 2.34. The van der Waals surface area contributed by atoms with Gasteiger partial charge in [-0.3, -0.25) is 4.79 Å². The number of hydrogen-bond donors (Lipinski definition) is 1. The van der Waals surface area contributed by atoms with Gasteiger partial charge in [-0.1, -0.05) is 18.2 Å². The first-order valence-corrected chi connectivity index (χ1v) is 9.32. The van der Waals surface area contributed by atoms with Crippen molar-refractivity contribution >= 4 is 11.7 Å². The average Bonchev–Trinajstić information content (AvgIpc) is 3.43. The molecule has 6 heteroatoms. The highest BCUT2D eigenvalue weighted by Gasteiger charge is 2.44. The fourth-order valence-electron chi connectivity index (χ4n) is 4.04. The van der Waals surface area contributed by atoms with Crippen LogP contribution in [0.1, 0.15) is 53.3 Å². The standard InChI is InChI=1S/C20H22N4O2/c21-17-15(11-22-18(23-17)14-5-6-14)19(25)24-10-9-20(12-24)8-7-13-3-1-2-4-16(13)26-20/h1-4,11,14H,5-10,12H2,(H2,21,22,23). The molecule has 1 amide bonds. The Morgan fingerprint density at radius 2 is 2.12 bits per heavy atom. The normalized spacial score (nSPS) is 24.4. The summed E-state index contributed by atoms with van der Waals surface area (Å²) in [6, 6.07) is 8.16. The number of anilines is 1. The zero-order valence-corrected chi connectivity index (χ0v) is 14.6. The molecule has 2 N–H and O–H groups in total. The number of para-hydroxylation sites is 1. The minimum absolute atomic E-state index is 0.0934. The van der Waals surface area contributed by atoms with E-state index in [1.54, 1.807) is 6.20 Å². The topological polar surface area (TPSA) is 81.3 Å². The van der Waals surface area contributed by atoms with Gasteiger partial charge in [0, 0.05) is 25.1 Å². The Bertz CT molecular complexity index is 880. The van der Waals surface area contributed by atoms with Gasteiger partial charge in [0.15, 0.2) is 0 Å². The molecule has 1 saturated carbocycles. The predicted molar refractivity (Wildman–Crippen MR) is 97.1 cm³/mol. The number of nitrogens with zero attached hydrogens (tertiary/aromatic N) is 3. The number of hydrogen-bond acceptors (Lipinski definition) is 5. The summed E-state index contributed by atoms with van der Waals surface area (Å²) in [7, 11) is 0. The minimum Gasteiger partial charge on any atom is -0.485 e. The molecule has 1 aromatic heterocycles. The number of ether oxygens (including phenoxy) is 1. The van der Waals surface area contributed by atoms with Crippen molar-refractivity contribution in [3.8, 4) is 5.75 Å². The van der Waals surface area contributed by atoms with E-state index in [1.807, 2.05) is 23.1 Å². The number of amides is 1. The zero-order valence-electron chi connectivity index (χ0n) is 14.6. The van der Waals surface area contributed by atoms with E-state index in [-0.39, 0.29) is 11.5 Å². The van der Waals surface area contributed by atoms with Crippen molar-refractivity contribution in [1.29, 1.82) is 0 Å². The highest BCUT2D eigenvalue weighted by molar-refractivity contribution is 5.98. The van der Waals surface area contributed by atoms with Crippen LogP contribution in [0.4, 0.5) is 5.82 Å². The van der Waals surface area contributed by atoms with Crippen LogP contribution in [0.5, 0.6) is 5.75 Å². The van der Waals surface area contributed by atoms with Crippen LogP contribution in [0.3, 0.4) is 0 Å². The quantitative estimate of drug-likeness (QED) is 0.900. The maximum absolute atomic E-state index is 12.9. The summed E-state index contributed by atoms with van der Waals surface area (Å²) in [6.07, 6.45) is 6.58. The van der Waals surface area contributed by atoms with Gasteiger partial charge < -0.3 is 15.4 Å². The molecule has 1 saturated heterocycles. The Morgan fingerprint density at radius 3 is 2.92 bits per heavy atom. The molecular weight excluding hydrogens is 328 g/mol. The smallest absolute Gasteiger partial charge is 0.259 e. The maximum atomic E-state index is 12.9. The van der Waals surface area contributed by atoms with Crippen LogP contribution in [0, 0.1) is 0 Å². The molecule has 1 aliphatic carbocycles. The number of aryl methyl sites for hydroxylation is 1. The molecule has 1 aromatic carbocycles. The van der Waals surface area contributed by atoms with Gasteiger partial charge in [-0.05, 0) is 37.3 Å². The summed E-state index contributed by atoms with van der Waals surface area (Å²) in [5, 5.41) is 0. The number of nitrogens with two attached hydrogens (primary N) is 1. The summed E-state index contributed by atoms with van der Waals surface area (Å²) in [4.78, 5) is 23.5. The van der Waals surface area contributed by atoms with Crippen molar-refractivity contribution in [2.24, 2.45) is 0 Å². The minimum atomic E-state index is -0.284. The summed E-state index contributed by atoms with van der Waals surface area (Å²) in [6.45, 7) is 1.26. The Morgan fingerprint density at radius 1 is 1.27 bits per heavy atom. The fourth-order valence-corrected chi connectivity index (χ4v) is 4.04. The molecular formula is C20H22N4O2. The lowest BCUT2D eigenvalue weighted by atomic mass is 9.90. The molecule has 0 radical (unpaired) electrons. The second-order valence-electron chi connectivity index (χ2n) is 7.67. The van der Waals surface area contributed by atoms with E-state index in [4.69, 9.17) is 10.5 Å². The van der Waals surface area contributed by atoms with Gasteiger partial charge in [0.25, 0.3) is 5.91 Å². The van der Waals surface area contributed by atoms with E-state index in [1.165, 1.54) is 5.56 Å².